The number of hydrogen-bond acceptors (Lipinski definition) is 2. The first-order chi connectivity index (χ1) is 5.68. The second-order valence-electron chi connectivity index (χ2n) is 3.04. The van der Waals surface area contributed by atoms with Gasteiger partial charge in [-0.3, -0.25) is 0 Å². The van der Waals surface area contributed by atoms with Gasteiger partial charge in [0.2, 0.25) is 0 Å². The number of rotatable bonds is 3. The van der Waals surface area contributed by atoms with E-state index in [1.54, 1.807) is 0 Å². The maximum Gasteiger partial charge on any atom is 0.0670 e. The maximum atomic E-state index is 5.38. The van der Waals surface area contributed by atoms with E-state index in [-0.39, 0.29) is 6.10 Å². The first-order valence-corrected chi connectivity index (χ1v) is 4.82. The van der Waals surface area contributed by atoms with Crippen LogP contribution in [0.4, 0.5) is 0 Å². The normalized spacial score (nSPS) is 10.7. The Balaban J connectivity index is 2.48. The lowest BCUT2D eigenvalue weighted by Crippen LogP contribution is -1.93. The molecule has 0 aromatic heterocycles. The first kappa shape index (κ1) is 9.62. The van der Waals surface area contributed by atoms with Gasteiger partial charge in [0.1, 0.15) is 0 Å². The summed E-state index contributed by atoms with van der Waals surface area (Å²) < 4.78 is 5.38. The maximum absolute atomic E-state index is 5.38. The van der Waals surface area contributed by atoms with Crippen molar-refractivity contribution in [3.05, 3.63) is 29.8 Å². The molecule has 0 amide bonds. The van der Waals surface area contributed by atoms with Crippen molar-refractivity contribution >= 4 is 12.0 Å². The Hall–Kier alpha value is -0.470. The van der Waals surface area contributed by atoms with E-state index in [0.29, 0.717) is 0 Å². The molecule has 0 N–H and O–H groups in total. The van der Waals surface area contributed by atoms with Crippen LogP contribution in [0.1, 0.15) is 19.4 Å². The fourth-order valence-electron chi connectivity index (χ4n) is 0.746. The van der Waals surface area contributed by atoms with Crippen LogP contribution in [0, 0.1) is 6.92 Å². The summed E-state index contributed by atoms with van der Waals surface area (Å²) in [6.07, 6.45) is 0.274. The van der Waals surface area contributed by atoms with Crippen molar-refractivity contribution in [3.63, 3.8) is 0 Å². The van der Waals surface area contributed by atoms with Gasteiger partial charge in [0.05, 0.1) is 6.10 Å². The summed E-state index contributed by atoms with van der Waals surface area (Å²) in [4.78, 5) is 1.16. The number of hydrogen-bond donors (Lipinski definition) is 0. The summed E-state index contributed by atoms with van der Waals surface area (Å²) in [5.41, 5.74) is 1.28. The van der Waals surface area contributed by atoms with Crippen LogP contribution in [0.25, 0.3) is 0 Å². The van der Waals surface area contributed by atoms with Gasteiger partial charge in [0, 0.05) is 16.9 Å². The van der Waals surface area contributed by atoms with Crippen molar-refractivity contribution in [1.29, 1.82) is 0 Å². The minimum absolute atomic E-state index is 0.274. The van der Waals surface area contributed by atoms with Gasteiger partial charge in [-0.15, -0.1) is 0 Å². The van der Waals surface area contributed by atoms with Gasteiger partial charge in [-0.05, 0) is 32.9 Å². The van der Waals surface area contributed by atoms with Crippen molar-refractivity contribution in [2.45, 2.75) is 31.8 Å². The molecule has 1 nitrogen and oxygen atoms in total. The van der Waals surface area contributed by atoms with Gasteiger partial charge < -0.3 is 4.18 Å². The minimum atomic E-state index is 0.274. The van der Waals surface area contributed by atoms with Crippen molar-refractivity contribution in [2.24, 2.45) is 0 Å². The third-order valence-corrected chi connectivity index (χ3v) is 2.30. The van der Waals surface area contributed by atoms with Crippen LogP contribution < -0.4 is 0 Å². The van der Waals surface area contributed by atoms with E-state index in [9.17, 15) is 0 Å². The predicted octanol–water partition coefficient (Wildman–Crippen LogP) is 3.43. The van der Waals surface area contributed by atoms with Gasteiger partial charge in [-0.25, -0.2) is 0 Å². The van der Waals surface area contributed by atoms with Crippen LogP contribution in [0.15, 0.2) is 29.2 Å². The van der Waals surface area contributed by atoms with Crippen LogP contribution in [0.3, 0.4) is 0 Å². The van der Waals surface area contributed by atoms with Crippen molar-refractivity contribution in [2.75, 3.05) is 0 Å². The van der Waals surface area contributed by atoms with Crippen LogP contribution in [0.2, 0.25) is 0 Å². The third kappa shape index (κ3) is 3.28. The standard InChI is InChI=1S/C10H14OS/c1-8(2)11-12-10-6-4-9(3)5-7-10/h4-8H,1-3H3. The minimum Gasteiger partial charge on any atom is -0.308 e. The van der Waals surface area contributed by atoms with E-state index in [2.05, 4.69) is 31.2 Å². The predicted molar refractivity (Wildman–Crippen MR) is 53.3 cm³/mol. The third-order valence-electron chi connectivity index (χ3n) is 1.36. The molecule has 12 heavy (non-hydrogen) atoms. The molecule has 0 spiro atoms. The fourth-order valence-corrected chi connectivity index (χ4v) is 1.30. The van der Waals surface area contributed by atoms with Gasteiger partial charge in [0.25, 0.3) is 0 Å². The Morgan fingerprint density at radius 3 is 2.25 bits per heavy atom. The highest BCUT2D eigenvalue weighted by Crippen LogP contribution is 2.20. The Labute approximate surface area is 78.3 Å². The second-order valence-corrected chi connectivity index (χ2v) is 3.87. The summed E-state index contributed by atoms with van der Waals surface area (Å²) in [6, 6.07) is 8.32. The number of aryl methyl sites for hydroxylation is 1. The largest absolute Gasteiger partial charge is 0.308 e. The Morgan fingerprint density at radius 1 is 1.17 bits per heavy atom. The zero-order valence-electron chi connectivity index (χ0n) is 7.70. The van der Waals surface area contributed by atoms with Crippen molar-refractivity contribution < 1.29 is 4.18 Å². The molecule has 0 saturated carbocycles. The van der Waals surface area contributed by atoms with Crippen LogP contribution in [0.5, 0.6) is 0 Å². The summed E-state index contributed by atoms with van der Waals surface area (Å²) >= 11 is 1.44. The summed E-state index contributed by atoms with van der Waals surface area (Å²) in [5.74, 6) is 0. The molecule has 0 heterocycles. The zero-order chi connectivity index (χ0) is 8.97. The second kappa shape index (κ2) is 4.53. The highest BCUT2D eigenvalue weighted by Gasteiger charge is 1.96. The topological polar surface area (TPSA) is 9.23 Å². The van der Waals surface area contributed by atoms with E-state index in [0.717, 1.165) is 4.90 Å². The molecule has 0 aliphatic rings. The molecule has 0 radical (unpaired) electrons. The Morgan fingerprint density at radius 2 is 1.75 bits per heavy atom. The molecule has 0 fully saturated rings. The number of benzene rings is 1. The summed E-state index contributed by atoms with van der Waals surface area (Å²) in [6.45, 7) is 6.14. The van der Waals surface area contributed by atoms with E-state index in [4.69, 9.17) is 4.18 Å². The molecule has 0 unspecified atom stereocenters. The molecule has 0 aliphatic carbocycles. The highest BCUT2D eigenvalue weighted by molar-refractivity contribution is 7.94. The van der Waals surface area contributed by atoms with E-state index in [1.807, 2.05) is 13.8 Å². The molecular formula is C10H14OS. The van der Waals surface area contributed by atoms with Gasteiger partial charge in [-0.1, -0.05) is 17.7 Å². The summed E-state index contributed by atoms with van der Waals surface area (Å²) in [7, 11) is 0. The van der Waals surface area contributed by atoms with Crippen LogP contribution in [-0.4, -0.2) is 6.10 Å². The molecule has 0 bridgehead atoms. The smallest absolute Gasteiger partial charge is 0.0670 e. The lowest BCUT2D eigenvalue weighted by Gasteiger charge is -2.05. The molecule has 2 heteroatoms. The zero-order valence-corrected chi connectivity index (χ0v) is 8.52. The molecule has 1 aromatic carbocycles. The van der Waals surface area contributed by atoms with E-state index >= 15 is 0 Å². The van der Waals surface area contributed by atoms with Crippen molar-refractivity contribution in [3.8, 4) is 0 Å². The van der Waals surface area contributed by atoms with E-state index < -0.39 is 0 Å². The SMILES string of the molecule is Cc1ccc(SOC(C)C)cc1. The molecule has 66 valence electrons. The highest BCUT2D eigenvalue weighted by atomic mass is 32.2. The lowest BCUT2D eigenvalue weighted by atomic mass is 10.2. The van der Waals surface area contributed by atoms with Gasteiger partial charge in [0.15, 0.2) is 0 Å². The molecule has 1 rings (SSSR count). The average Bonchev–Trinajstić information content (AvgIpc) is 2.03. The first-order valence-electron chi connectivity index (χ1n) is 4.08. The van der Waals surface area contributed by atoms with E-state index in [1.165, 1.54) is 17.6 Å². The fraction of sp³-hybridized carbons (Fsp3) is 0.400. The van der Waals surface area contributed by atoms with Crippen molar-refractivity contribution in [1.82, 2.24) is 0 Å². The summed E-state index contributed by atoms with van der Waals surface area (Å²) in [5, 5.41) is 0. The molecule has 0 saturated heterocycles. The Kier molecular flexibility index (Phi) is 3.63. The quantitative estimate of drug-likeness (QED) is 0.662. The molecule has 0 atom stereocenters. The van der Waals surface area contributed by atoms with Crippen LogP contribution in [-0.2, 0) is 4.18 Å². The lowest BCUT2D eigenvalue weighted by molar-refractivity contribution is 0.289. The Bertz CT molecular complexity index is 228. The average molecular weight is 182 g/mol. The van der Waals surface area contributed by atoms with Crippen LogP contribution >= 0.6 is 12.0 Å². The van der Waals surface area contributed by atoms with Gasteiger partial charge in [-0.2, -0.15) is 0 Å². The monoisotopic (exact) mass is 182 g/mol. The molecule has 1 aromatic rings. The molecular weight excluding hydrogens is 168 g/mol. The van der Waals surface area contributed by atoms with Gasteiger partial charge >= 0.3 is 0 Å². The molecule has 0 aliphatic heterocycles.